The molecule has 1 saturated heterocycles. The van der Waals surface area contributed by atoms with Gasteiger partial charge in [0.15, 0.2) is 0 Å². The average Bonchev–Trinajstić information content (AvgIpc) is 3.24. The summed E-state index contributed by atoms with van der Waals surface area (Å²) in [4.78, 5) is 2.25. The van der Waals surface area contributed by atoms with Crippen molar-refractivity contribution >= 4 is 5.69 Å². The van der Waals surface area contributed by atoms with Gasteiger partial charge in [0.25, 0.3) is 0 Å². The summed E-state index contributed by atoms with van der Waals surface area (Å²) >= 11 is 0. The third kappa shape index (κ3) is 4.11. The van der Waals surface area contributed by atoms with Crippen molar-refractivity contribution in [2.24, 2.45) is 0 Å². The van der Waals surface area contributed by atoms with Crippen molar-refractivity contribution in [2.45, 2.75) is 43.9 Å². The first kappa shape index (κ1) is 14.7. The van der Waals surface area contributed by atoms with Crippen LogP contribution in [-0.2, 0) is 4.74 Å². The van der Waals surface area contributed by atoms with E-state index in [1.54, 1.807) is 7.11 Å². The van der Waals surface area contributed by atoms with Gasteiger partial charge < -0.3 is 19.7 Å². The molecule has 1 aromatic rings. The fourth-order valence-corrected chi connectivity index (χ4v) is 2.91. The van der Waals surface area contributed by atoms with E-state index in [9.17, 15) is 0 Å². The van der Waals surface area contributed by atoms with Crippen LogP contribution in [0.5, 0.6) is 5.75 Å². The first-order valence-electron chi connectivity index (χ1n) is 7.98. The molecule has 1 saturated carbocycles. The van der Waals surface area contributed by atoms with Crippen LogP contribution in [0.3, 0.4) is 0 Å². The van der Waals surface area contributed by atoms with Crippen molar-refractivity contribution in [3.05, 3.63) is 24.3 Å². The highest BCUT2D eigenvalue weighted by Crippen LogP contribution is 2.25. The number of likely N-dealkylation sites (N-methyl/N-ethyl adjacent to an activating group) is 1. The van der Waals surface area contributed by atoms with Gasteiger partial charge in [-0.05, 0) is 37.8 Å². The van der Waals surface area contributed by atoms with Crippen LogP contribution in [0.1, 0.15) is 25.7 Å². The fourth-order valence-electron chi connectivity index (χ4n) is 2.91. The smallest absolute Gasteiger partial charge is 0.120 e. The summed E-state index contributed by atoms with van der Waals surface area (Å²) < 4.78 is 11.4. The third-order valence-corrected chi connectivity index (χ3v) is 4.38. The van der Waals surface area contributed by atoms with E-state index in [1.807, 2.05) is 12.1 Å². The molecule has 4 nitrogen and oxygen atoms in total. The number of hydrogen-bond acceptors (Lipinski definition) is 4. The number of nitrogens with one attached hydrogen (secondary N) is 1. The Labute approximate surface area is 127 Å². The van der Waals surface area contributed by atoms with E-state index in [0.29, 0.717) is 12.2 Å². The van der Waals surface area contributed by atoms with Gasteiger partial charge in [0.05, 0.1) is 19.3 Å². The molecule has 0 radical (unpaired) electrons. The second kappa shape index (κ2) is 6.67. The molecule has 1 aliphatic carbocycles. The van der Waals surface area contributed by atoms with Crippen molar-refractivity contribution in [1.29, 1.82) is 0 Å². The minimum Gasteiger partial charge on any atom is -0.497 e. The van der Waals surface area contributed by atoms with Crippen LogP contribution in [-0.4, -0.2) is 45.5 Å². The minimum absolute atomic E-state index is 0.340. The largest absolute Gasteiger partial charge is 0.497 e. The highest BCUT2D eigenvalue weighted by Gasteiger charge is 2.28. The van der Waals surface area contributed by atoms with E-state index in [-0.39, 0.29) is 0 Å². The van der Waals surface area contributed by atoms with Gasteiger partial charge in [-0.2, -0.15) is 0 Å². The van der Waals surface area contributed by atoms with E-state index >= 15 is 0 Å². The molecule has 2 fully saturated rings. The average molecular weight is 290 g/mol. The molecule has 116 valence electrons. The molecule has 1 aromatic carbocycles. The summed E-state index contributed by atoms with van der Waals surface area (Å²) in [6, 6.07) is 8.96. The lowest BCUT2D eigenvalue weighted by Crippen LogP contribution is -2.32. The van der Waals surface area contributed by atoms with Gasteiger partial charge in [0.2, 0.25) is 0 Å². The molecule has 2 unspecified atom stereocenters. The number of anilines is 1. The second-order valence-electron chi connectivity index (χ2n) is 6.22. The molecule has 0 spiro atoms. The van der Waals surface area contributed by atoms with Gasteiger partial charge in [0.1, 0.15) is 5.75 Å². The monoisotopic (exact) mass is 290 g/mol. The zero-order chi connectivity index (χ0) is 14.7. The van der Waals surface area contributed by atoms with Gasteiger partial charge in [-0.1, -0.05) is 6.07 Å². The molecule has 4 heteroatoms. The van der Waals surface area contributed by atoms with Gasteiger partial charge in [-0.25, -0.2) is 0 Å². The number of rotatable bonds is 7. The van der Waals surface area contributed by atoms with Gasteiger partial charge in [-0.3, -0.25) is 0 Å². The highest BCUT2D eigenvalue weighted by atomic mass is 16.5. The summed E-state index contributed by atoms with van der Waals surface area (Å²) in [5, 5.41) is 3.56. The molecular formula is C17H26N2O2. The summed E-state index contributed by atoms with van der Waals surface area (Å²) in [7, 11) is 3.82. The predicted molar refractivity (Wildman–Crippen MR) is 85.2 cm³/mol. The molecule has 0 amide bonds. The normalized spacial score (nSPS) is 25.0. The van der Waals surface area contributed by atoms with Gasteiger partial charge in [-0.15, -0.1) is 0 Å². The molecule has 0 bridgehead atoms. The molecule has 2 atom stereocenters. The molecule has 2 aliphatic rings. The minimum atomic E-state index is 0.340. The van der Waals surface area contributed by atoms with Crippen molar-refractivity contribution in [3.8, 4) is 5.75 Å². The summed E-state index contributed by atoms with van der Waals surface area (Å²) in [6.45, 7) is 1.96. The van der Waals surface area contributed by atoms with E-state index < -0.39 is 0 Å². The molecule has 1 N–H and O–H groups in total. The summed E-state index contributed by atoms with van der Waals surface area (Å²) in [6.07, 6.45) is 5.76. The van der Waals surface area contributed by atoms with E-state index in [1.165, 1.54) is 24.9 Å². The Hall–Kier alpha value is -1.26. The number of benzene rings is 1. The Balaban J connectivity index is 1.46. The molecule has 3 rings (SSSR count). The Morgan fingerprint density at radius 2 is 2.05 bits per heavy atom. The standard InChI is InChI=1S/C17H26N2O2/c1-19(14-4-3-5-15(10-14)20-2)12-17-9-8-16(21-17)11-18-13-6-7-13/h3-5,10,13,16-18H,6-9,11-12H2,1-2H3. The quantitative estimate of drug-likeness (QED) is 0.836. The zero-order valence-corrected chi connectivity index (χ0v) is 13.0. The topological polar surface area (TPSA) is 33.7 Å². The highest BCUT2D eigenvalue weighted by molar-refractivity contribution is 5.50. The molecular weight excluding hydrogens is 264 g/mol. The first-order chi connectivity index (χ1) is 10.2. The zero-order valence-electron chi connectivity index (χ0n) is 13.0. The van der Waals surface area contributed by atoms with E-state index in [4.69, 9.17) is 9.47 Å². The van der Waals surface area contributed by atoms with Crippen LogP contribution in [0.2, 0.25) is 0 Å². The maximum absolute atomic E-state index is 6.15. The lowest BCUT2D eigenvalue weighted by atomic mass is 10.2. The lowest BCUT2D eigenvalue weighted by molar-refractivity contribution is 0.0498. The third-order valence-electron chi connectivity index (χ3n) is 4.38. The van der Waals surface area contributed by atoms with Gasteiger partial charge >= 0.3 is 0 Å². The molecule has 21 heavy (non-hydrogen) atoms. The Morgan fingerprint density at radius 1 is 1.24 bits per heavy atom. The Bertz CT molecular complexity index is 462. The molecule has 1 aliphatic heterocycles. The van der Waals surface area contributed by atoms with E-state index in [2.05, 4.69) is 29.4 Å². The summed E-state index contributed by atoms with van der Waals surface area (Å²) in [5.74, 6) is 0.901. The number of nitrogens with zero attached hydrogens (tertiary/aromatic N) is 1. The number of ether oxygens (including phenoxy) is 2. The van der Waals surface area contributed by atoms with Crippen LogP contribution in [0.15, 0.2) is 24.3 Å². The predicted octanol–water partition coefficient (Wildman–Crippen LogP) is 2.43. The SMILES string of the molecule is COc1cccc(N(C)CC2CCC(CNC3CC3)O2)c1. The Kier molecular flexibility index (Phi) is 4.66. The van der Waals surface area contributed by atoms with Crippen LogP contribution >= 0.6 is 0 Å². The maximum Gasteiger partial charge on any atom is 0.120 e. The second-order valence-corrected chi connectivity index (χ2v) is 6.22. The number of hydrogen-bond donors (Lipinski definition) is 1. The number of methoxy groups -OCH3 is 1. The first-order valence-corrected chi connectivity index (χ1v) is 7.98. The van der Waals surface area contributed by atoms with Crippen molar-refractivity contribution in [1.82, 2.24) is 5.32 Å². The van der Waals surface area contributed by atoms with Crippen molar-refractivity contribution in [2.75, 3.05) is 32.1 Å². The fraction of sp³-hybridized carbons (Fsp3) is 0.647. The van der Waals surface area contributed by atoms with Crippen molar-refractivity contribution in [3.63, 3.8) is 0 Å². The van der Waals surface area contributed by atoms with Crippen LogP contribution in [0, 0.1) is 0 Å². The van der Waals surface area contributed by atoms with Crippen LogP contribution in [0.4, 0.5) is 5.69 Å². The summed E-state index contributed by atoms with van der Waals surface area (Å²) in [5.41, 5.74) is 1.18. The van der Waals surface area contributed by atoms with Crippen LogP contribution < -0.4 is 15.0 Å². The lowest BCUT2D eigenvalue weighted by Gasteiger charge is -2.24. The van der Waals surface area contributed by atoms with Crippen molar-refractivity contribution < 1.29 is 9.47 Å². The van der Waals surface area contributed by atoms with Crippen LogP contribution in [0.25, 0.3) is 0 Å². The van der Waals surface area contributed by atoms with E-state index in [0.717, 1.165) is 31.3 Å². The maximum atomic E-state index is 6.15. The molecule has 1 heterocycles. The Morgan fingerprint density at radius 3 is 2.81 bits per heavy atom. The molecule has 0 aromatic heterocycles. The van der Waals surface area contributed by atoms with Gasteiger partial charge in [0, 0.05) is 37.9 Å².